The second-order valence-corrected chi connectivity index (χ2v) is 7.39. The lowest BCUT2D eigenvalue weighted by Crippen LogP contribution is -2.25. The molecule has 0 aliphatic rings. The van der Waals surface area contributed by atoms with Crippen LogP contribution in [0.4, 0.5) is 0 Å². The number of amides is 1. The number of thiophene rings is 1. The molecule has 24 heavy (non-hydrogen) atoms. The molecule has 0 spiro atoms. The van der Waals surface area contributed by atoms with Gasteiger partial charge in [-0.1, -0.05) is 41.9 Å². The van der Waals surface area contributed by atoms with E-state index in [1.165, 1.54) is 11.3 Å². The quantitative estimate of drug-likeness (QED) is 0.602. The van der Waals surface area contributed by atoms with Crippen LogP contribution in [0.3, 0.4) is 0 Å². The second kappa shape index (κ2) is 7.69. The molecule has 1 amide bonds. The van der Waals surface area contributed by atoms with Crippen LogP contribution in [0.5, 0.6) is 0 Å². The fourth-order valence-electron chi connectivity index (χ4n) is 2.45. The molecular weight excluding hydrogens is 342 g/mol. The van der Waals surface area contributed by atoms with Crippen molar-refractivity contribution in [1.29, 1.82) is 0 Å². The molecule has 0 atom stereocenters. The van der Waals surface area contributed by atoms with E-state index in [1.54, 1.807) is 4.90 Å². The van der Waals surface area contributed by atoms with Crippen molar-refractivity contribution >= 4 is 28.8 Å². The summed E-state index contributed by atoms with van der Waals surface area (Å²) in [6.45, 7) is 0.587. The fraction of sp³-hybridized carbons (Fsp3) is 0.211. The van der Waals surface area contributed by atoms with E-state index in [0.29, 0.717) is 19.4 Å². The van der Waals surface area contributed by atoms with Gasteiger partial charge in [0.15, 0.2) is 0 Å². The van der Waals surface area contributed by atoms with E-state index < -0.39 is 0 Å². The van der Waals surface area contributed by atoms with Crippen molar-refractivity contribution in [3.05, 3.63) is 69.6 Å². The average Bonchev–Trinajstić information content (AvgIpc) is 3.22. The van der Waals surface area contributed by atoms with Gasteiger partial charge in [0.25, 0.3) is 0 Å². The molecule has 3 nitrogen and oxygen atoms in total. The predicted molar refractivity (Wildman–Crippen MR) is 98.3 cm³/mol. The zero-order valence-corrected chi connectivity index (χ0v) is 14.9. The summed E-state index contributed by atoms with van der Waals surface area (Å²) < 4.78 is 6.58. The summed E-state index contributed by atoms with van der Waals surface area (Å²) in [4.78, 5) is 15.1. The molecule has 0 aliphatic heterocycles. The Bertz CT molecular complexity index is 810. The van der Waals surface area contributed by atoms with Crippen molar-refractivity contribution in [3.8, 4) is 11.3 Å². The zero-order valence-electron chi connectivity index (χ0n) is 13.4. The molecule has 0 saturated carbocycles. The third kappa shape index (κ3) is 4.28. The van der Waals surface area contributed by atoms with E-state index in [2.05, 4.69) is 0 Å². The predicted octanol–water partition coefficient (Wildman–Crippen LogP) is 5.25. The van der Waals surface area contributed by atoms with E-state index >= 15 is 0 Å². The smallest absolute Gasteiger partial charge is 0.223 e. The van der Waals surface area contributed by atoms with Crippen molar-refractivity contribution in [1.82, 2.24) is 4.90 Å². The van der Waals surface area contributed by atoms with E-state index in [1.807, 2.05) is 61.6 Å². The number of halogens is 1. The summed E-state index contributed by atoms with van der Waals surface area (Å²) in [5.74, 6) is 1.76. The first kappa shape index (κ1) is 16.8. The molecule has 0 fully saturated rings. The number of benzene rings is 1. The summed E-state index contributed by atoms with van der Waals surface area (Å²) in [5, 5.41) is 0. The van der Waals surface area contributed by atoms with Crippen LogP contribution >= 0.6 is 22.9 Å². The minimum atomic E-state index is 0.0946. The number of furan rings is 1. The topological polar surface area (TPSA) is 33.5 Å². The summed E-state index contributed by atoms with van der Waals surface area (Å²) in [5.41, 5.74) is 1.04. The van der Waals surface area contributed by atoms with Crippen molar-refractivity contribution in [3.63, 3.8) is 0 Å². The Kier molecular flexibility index (Phi) is 5.38. The van der Waals surface area contributed by atoms with E-state index in [0.717, 1.165) is 26.3 Å². The van der Waals surface area contributed by atoms with E-state index in [9.17, 15) is 4.79 Å². The lowest BCUT2D eigenvalue weighted by atomic mass is 10.2. The van der Waals surface area contributed by atoms with E-state index in [4.69, 9.17) is 16.0 Å². The number of hydrogen-bond donors (Lipinski definition) is 0. The lowest BCUT2D eigenvalue weighted by Gasteiger charge is -2.15. The summed E-state index contributed by atoms with van der Waals surface area (Å²) in [7, 11) is 1.81. The lowest BCUT2D eigenvalue weighted by molar-refractivity contribution is -0.130. The molecule has 3 aromatic rings. The molecule has 0 saturated heterocycles. The molecule has 0 N–H and O–H groups in total. The van der Waals surface area contributed by atoms with Crippen LogP contribution in [-0.4, -0.2) is 17.9 Å². The van der Waals surface area contributed by atoms with Gasteiger partial charge in [-0.2, -0.15) is 0 Å². The molecule has 2 heterocycles. The van der Waals surface area contributed by atoms with Gasteiger partial charge in [0, 0.05) is 30.3 Å². The number of nitrogens with zero attached hydrogens (tertiary/aromatic N) is 1. The van der Waals surface area contributed by atoms with Crippen LogP contribution in [0.15, 0.2) is 59.0 Å². The van der Waals surface area contributed by atoms with Gasteiger partial charge >= 0.3 is 0 Å². The Balaban J connectivity index is 1.53. The Labute approximate surface area is 150 Å². The van der Waals surface area contributed by atoms with Crippen LogP contribution < -0.4 is 0 Å². The van der Waals surface area contributed by atoms with Gasteiger partial charge in [0.1, 0.15) is 11.5 Å². The monoisotopic (exact) mass is 359 g/mol. The van der Waals surface area contributed by atoms with Crippen molar-refractivity contribution in [2.75, 3.05) is 7.05 Å². The first-order valence-electron chi connectivity index (χ1n) is 7.74. The molecular formula is C19H18ClNO2S. The van der Waals surface area contributed by atoms with Gasteiger partial charge in [-0.3, -0.25) is 4.79 Å². The van der Waals surface area contributed by atoms with Gasteiger partial charge in [-0.25, -0.2) is 0 Å². The molecule has 0 aliphatic carbocycles. The van der Waals surface area contributed by atoms with Crippen LogP contribution in [0.25, 0.3) is 11.3 Å². The molecule has 2 aromatic heterocycles. The van der Waals surface area contributed by atoms with Crippen LogP contribution in [0.2, 0.25) is 4.34 Å². The minimum absolute atomic E-state index is 0.0946. The number of carbonyl (C=O) groups excluding carboxylic acids is 1. The standard InChI is InChI=1S/C19H18ClNO2S/c1-21(13-16-9-11-18(20)24-16)19(22)12-8-15-7-10-17(23-15)14-5-3-2-4-6-14/h2-7,9-11H,8,12-13H2,1H3. The van der Waals surface area contributed by atoms with Crippen LogP contribution in [0, 0.1) is 0 Å². The van der Waals surface area contributed by atoms with Crippen molar-refractivity contribution in [2.24, 2.45) is 0 Å². The van der Waals surface area contributed by atoms with Gasteiger partial charge in [0.2, 0.25) is 5.91 Å². The maximum atomic E-state index is 12.3. The number of carbonyl (C=O) groups is 1. The van der Waals surface area contributed by atoms with Gasteiger partial charge in [0.05, 0.1) is 10.9 Å². The Morgan fingerprint density at radius 2 is 1.92 bits per heavy atom. The van der Waals surface area contributed by atoms with E-state index in [-0.39, 0.29) is 5.91 Å². The highest BCUT2D eigenvalue weighted by Crippen LogP contribution is 2.24. The molecule has 5 heteroatoms. The Morgan fingerprint density at radius 3 is 2.62 bits per heavy atom. The van der Waals surface area contributed by atoms with Crippen LogP contribution in [0.1, 0.15) is 17.1 Å². The summed E-state index contributed by atoms with van der Waals surface area (Å²) >= 11 is 7.42. The first-order valence-corrected chi connectivity index (χ1v) is 8.93. The minimum Gasteiger partial charge on any atom is -0.461 e. The number of hydrogen-bond acceptors (Lipinski definition) is 3. The van der Waals surface area contributed by atoms with Crippen molar-refractivity contribution in [2.45, 2.75) is 19.4 Å². The highest BCUT2D eigenvalue weighted by Gasteiger charge is 2.12. The Hall–Kier alpha value is -2.04. The maximum absolute atomic E-state index is 12.3. The molecule has 3 rings (SSSR count). The van der Waals surface area contributed by atoms with Gasteiger partial charge in [-0.15, -0.1) is 11.3 Å². The number of aryl methyl sites for hydroxylation is 1. The maximum Gasteiger partial charge on any atom is 0.223 e. The third-order valence-electron chi connectivity index (χ3n) is 3.75. The van der Waals surface area contributed by atoms with Gasteiger partial charge in [-0.05, 0) is 24.3 Å². The summed E-state index contributed by atoms with van der Waals surface area (Å²) in [6.07, 6.45) is 1.03. The molecule has 0 radical (unpaired) electrons. The number of rotatable bonds is 6. The fourth-order valence-corrected chi connectivity index (χ4v) is 3.59. The summed E-state index contributed by atoms with van der Waals surface area (Å²) in [6, 6.07) is 17.6. The SMILES string of the molecule is CN(Cc1ccc(Cl)s1)C(=O)CCc1ccc(-c2ccccc2)o1. The highest BCUT2D eigenvalue weighted by atomic mass is 35.5. The normalized spacial score (nSPS) is 10.8. The largest absolute Gasteiger partial charge is 0.461 e. The Morgan fingerprint density at radius 1 is 1.12 bits per heavy atom. The van der Waals surface area contributed by atoms with Gasteiger partial charge < -0.3 is 9.32 Å². The zero-order chi connectivity index (χ0) is 16.9. The molecule has 1 aromatic carbocycles. The molecule has 0 bridgehead atoms. The third-order valence-corrected chi connectivity index (χ3v) is 4.97. The van der Waals surface area contributed by atoms with Crippen molar-refractivity contribution < 1.29 is 9.21 Å². The second-order valence-electron chi connectivity index (χ2n) is 5.59. The molecule has 0 unspecified atom stereocenters. The average molecular weight is 360 g/mol. The first-order chi connectivity index (χ1) is 11.6. The molecule has 124 valence electrons. The highest BCUT2D eigenvalue weighted by molar-refractivity contribution is 7.16. The van der Waals surface area contributed by atoms with Crippen LogP contribution in [-0.2, 0) is 17.8 Å².